The van der Waals surface area contributed by atoms with Crippen LogP contribution in [0.5, 0.6) is 5.75 Å². The molecule has 94 valence electrons. The fourth-order valence-corrected chi connectivity index (χ4v) is 3.31. The van der Waals surface area contributed by atoms with Gasteiger partial charge in [-0.3, -0.25) is 4.79 Å². The van der Waals surface area contributed by atoms with E-state index in [0.717, 1.165) is 47.9 Å². The Morgan fingerprint density at radius 1 is 1.00 bits per heavy atom. The van der Waals surface area contributed by atoms with Crippen molar-refractivity contribution in [1.29, 1.82) is 0 Å². The molecule has 18 heavy (non-hydrogen) atoms. The van der Waals surface area contributed by atoms with Crippen LogP contribution in [-0.4, -0.2) is 10.9 Å². The lowest BCUT2D eigenvalue weighted by molar-refractivity contribution is -0.115. The van der Waals surface area contributed by atoms with E-state index in [1.807, 2.05) is 13.0 Å². The van der Waals surface area contributed by atoms with Gasteiger partial charge in [0.15, 0.2) is 5.78 Å². The molecule has 1 aromatic carbocycles. The smallest absolute Gasteiger partial charge is 0.159 e. The van der Waals surface area contributed by atoms with Crippen LogP contribution in [0.3, 0.4) is 0 Å². The number of hydrogen-bond donors (Lipinski definition) is 1. The Morgan fingerprint density at radius 3 is 2.50 bits per heavy atom. The topological polar surface area (TPSA) is 37.3 Å². The molecule has 0 unspecified atom stereocenters. The van der Waals surface area contributed by atoms with Crippen molar-refractivity contribution in [3.63, 3.8) is 0 Å². The Hall–Kier alpha value is -1.57. The van der Waals surface area contributed by atoms with Gasteiger partial charge in [-0.1, -0.05) is 0 Å². The van der Waals surface area contributed by atoms with Gasteiger partial charge < -0.3 is 5.11 Å². The molecule has 0 bridgehead atoms. The van der Waals surface area contributed by atoms with Crippen molar-refractivity contribution in [2.24, 2.45) is 0 Å². The molecule has 0 amide bonds. The maximum absolute atomic E-state index is 12.1. The number of benzene rings is 1. The second-order valence-electron chi connectivity index (χ2n) is 5.41. The number of rotatable bonds is 0. The monoisotopic (exact) mass is 242 g/mol. The minimum Gasteiger partial charge on any atom is -0.508 e. The first-order chi connectivity index (χ1) is 8.59. The molecule has 0 fully saturated rings. The van der Waals surface area contributed by atoms with E-state index in [2.05, 4.69) is 6.92 Å². The first-order valence-corrected chi connectivity index (χ1v) is 6.67. The van der Waals surface area contributed by atoms with Gasteiger partial charge in [0.05, 0.1) is 0 Å². The van der Waals surface area contributed by atoms with Gasteiger partial charge in [-0.15, -0.1) is 0 Å². The van der Waals surface area contributed by atoms with Gasteiger partial charge in [0.1, 0.15) is 5.75 Å². The van der Waals surface area contributed by atoms with E-state index in [0.29, 0.717) is 18.0 Å². The summed E-state index contributed by atoms with van der Waals surface area (Å²) in [5.41, 5.74) is 6.81. The van der Waals surface area contributed by atoms with Crippen LogP contribution in [0.25, 0.3) is 5.57 Å². The fourth-order valence-electron chi connectivity index (χ4n) is 3.31. The molecule has 2 nitrogen and oxygen atoms in total. The molecule has 2 aliphatic rings. The zero-order chi connectivity index (χ0) is 12.9. The largest absolute Gasteiger partial charge is 0.508 e. The molecule has 0 spiro atoms. The number of carbonyl (C=O) groups is 1. The van der Waals surface area contributed by atoms with Gasteiger partial charge >= 0.3 is 0 Å². The Kier molecular flexibility index (Phi) is 2.54. The maximum Gasteiger partial charge on any atom is 0.159 e. The molecule has 0 aromatic heterocycles. The summed E-state index contributed by atoms with van der Waals surface area (Å²) >= 11 is 0. The molecule has 0 atom stereocenters. The molecule has 2 aliphatic carbocycles. The van der Waals surface area contributed by atoms with Crippen molar-refractivity contribution in [1.82, 2.24) is 0 Å². The zero-order valence-electron chi connectivity index (χ0n) is 11.0. The van der Waals surface area contributed by atoms with E-state index in [-0.39, 0.29) is 0 Å². The highest BCUT2D eigenvalue weighted by molar-refractivity contribution is 6.05. The summed E-state index contributed by atoms with van der Waals surface area (Å²) in [6.45, 7) is 4.01. The van der Waals surface area contributed by atoms with Crippen molar-refractivity contribution in [2.45, 2.75) is 46.0 Å². The molecule has 1 N–H and O–H groups in total. The molecule has 0 heterocycles. The van der Waals surface area contributed by atoms with Crippen LogP contribution in [-0.2, 0) is 11.2 Å². The summed E-state index contributed by atoms with van der Waals surface area (Å²) in [6.07, 6.45) is 4.39. The number of carbonyl (C=O) groups excluding carboxylic acids is 1. The molecule has 0 aliphatic heterocycles. The predicted octanol–water partition coefficient (Wildman–Crippen LogP) is 3.46. The summed E-state index contributed by atoms with van der Waals surface area (Å²) < 4.78 is 0. The predicted molar refractivity (Wildman–Crippen MR) is 71.7 cm³/mol. The van der Waals surface area contributed by atoms with Gasteiger partial charge in [-0.2, -0.15) is 0 Å². The third-order valence-corrected chi connectivity index (χ3v) is 4.43. The van der Waals surface area contributed by atoms with Crippen molar-refractivity contribution < 1.29 is 9.90 Å². The summed E-state index contributed by atoms with van der Waals surface area (Å²) in [4.78, 5) is 12.1. The van der Waals surface area contributed by atoms with E-state index < -0.39 is 0 Å². The second-order valence-corrected chi connectivity index (χ2v) is 5.41. The summed E-state index contributed by atoms with van der Waals surface area (Å²) in [6, 6.07) is 1.86. The molecule has 3 rings (SSSR count). The standard InChI is InChI=1S/C16H18O2/c1-9-10(2)16-11(8-15(9)18)6-7-14(17)12-4-3-5-13(12)16/h8,18H,3-7H2,1-2H3. The first kappa shape index (κ1) is 11.5. The lowest BCUT2D eigenvalue weighted by atomic mass is 9.90. The van der Waals surface area contributed by atoms with Crippen LogP contribution in [0.2, 0.25) is 0 Å². The molecule has 0 radical (unpaired) electrons. The van der Waals surface area contributed by atoms with Crippen molar-refractivity contribution >= 4 is 11.4 Å². The van der Waals surface area contributed by atoms with E-state index in [1.54, 1.807) is 0 Å². The van der Waals surface area contributed by atoms with Crippen molar-refractivity contribution in [3.8, 4) is 5.75 Å². The van der Waals surface area contributed by atoms with Gasteiger partial charge in [0, 0.05) is 6.42 Å². The van der Waals surface area contributed by atoms with Crippen LogP contribution in [0, 0.1) is 13.8 Å². The third kappa shape index (κ3) is 1.52. The number of phenolic OH excluding ortho intramolecular Hbond substituents is 1. The maximum atomic E-state index is 12.1. The van der Waals surface area contributed by atoms with Crippen LogP contribution >= 0.6 is 0 Å². The Morgan fingerprint density at radius 2 is 1.72 bits per heavy atom. The van der Waals surface area contributed by atoms with E-state index in [9.17, 15) is 9.90 Å². The van der Waals surface area contributed by atoms with Crippen molar-refractivity contribution in [3.05, 3.63) is 33.9 Å². The number of hydrogen-bond acceptors (Lipinski definition) is 2. The van der Waals surface area contributed by atoms with E-state index in [4.69, 9.17) is 0 Å². The third-order valence-electron chi connectivity index (χ3n) is 4.43. The van der Waals surface area contributed by atoms with Crippen LogP contribution in [0.15, 0.2) is 11.6 Å². The lowest BCUT2D eigenvalue weighted by Gasteiger charge is -2.16. The zero-order valence-corrected chi connectivity index (χ0v) is 11.0. The summed E-state index contributed by atoms with van der Waals surface area (Å²) in [7, 11) is 0. The van der Waals surface area contributed by atoms with Gasteiger partial charge in [0.25, 0.3) is 0 Å². The number of aryl methyl sites for hydroxylation is 1. The van der Waals surface area contributed by atoms with Crippen LogP contribution in [0.4, 0.5) is 0 Å². The molecule has 2 heteroatoms. The number of phenols is 1. The quantitative estimate of drug-likeness (QED) is 0.756. The summed E-state index contributed by atoms with van der Waals surface area (Å²) in [5.74, 6) is 0.677. The number of allylic oxidation sites excluding steroid dienone is 2. The fraction of sp³-hybridized carbons (Fsp3) is 0.438. The Bertz CT molecular complexity index is 579. The number of fused-ring (bicyclic) bond motifs is 2. The van der Waals surface area contributed by atoms with Crippen molar-refractivity contribution in [2.75, 3.05) is 0 Å². The lowest BCUT2D eigenvalue weighted by Crippen LogP contribution is -2.00. The minimum atomic E-state index is 0.315. The van der Waals surface area contributed by atoms with Crippen LogP contribution in [0.1, 0.15) is 47.9 Å². The number of ketones is 1. The molecular weight excluding hydrogens is 224 g/mol. The highest BCUT2D eigenvalue weighted by Crippen LogP contribution is 2.42. The highest BCUT2D eigenvalue weighted by atomic mass is 16.3. The average molecular weight is 242 g/mol. The van der Waals surface area contributed by atoms with E-state index >= 15 is 0 Å². The SMILES string of the molecule is Cc1c(O)cc2c(c1C)C1=C(CCC1)C(=O)CC2. The molecule has 0 saturated heterocycles. The number of aromatic hydroxyl groups is 1. The minimum absolute atomic E-state index is 0.315. The highest BCUT2D eigenvalue weighted by Gasteiger charge is 2.28. The van der Waals surface area contributed by atoms with Crippen LogP contribution < -0.4 is 0 Å². The Balaban J connectivity index is 2.31. The number of Topliss-reactive ketones (excluding diaryl/α,β-unsaturated/α-hetero) is 1. The molecule has 0 saturated carbocycles. The first-order valence-electron chi connectivity index (χ1n) is 6.67. The van der Waals surface area contributed by atoms with Gasteiger partial charge in [-0.25, -0.2) is 0 Å². The Labute approximate surface area is 107 Å². The molecule has 1 aromatic rings. The molecular formula is C16H18O2. The van der Waals surface area contributed by atoms with Gasteiger partial charge in [-0.05, 0) is 79.0 Å². The van der Waals surface area contributed by atoms with Gasteiger partial charge in [0.2, 0.25) is 0 Å². The average Bonchev–Trinajstić information content (AvgIpc) is 2.77. The summed E-state index contributed by atoms with van der Waals surface area (Å²) in [5, 5.41) is 9.95. The second kappa shape index (κ2) is 3.98. The van der Waals surface area contributed by atoms with E-state index in [1.165, 1.54) is 11.1 Å². The normalized spacial score (nSPS) is 18.7.